The Hall–Kier alpha value is -0.520. The highest BCUT2D eigenvalue weighted by molar-refractivity contribution is 4.87. The number of likely N-dealkylation sites (N-methyl/N-ethyl adjacent to an activating group) is 1. The number of hydrogen-bond acceptors (Lipinski definition) is 2. The molecule has 2 unspecified atom stereocenters. The molecule has 0 aliphatic heterocycles. The molecule has 0 fully saturated rings. The molecule has 0 heterocycles. The van der Waals surface area contributed by atoms with Gasteiger partial charge in [-0.05, 0) is 27.3 Å². The molecule has 0 aliphatic rings. The van der Waals surface area contributed by atoms with Crippen molar-refractivity contribution in [3.63, 3.8) is 0 Å². The van der Waals surface area contributed by atoms with Crippen LogP contribution in [0, 0.1) is 12.3 Å². The molecule has 0 aromatic rings. The standard InChI is InChI=1S/C12H24N2/c1-6-8-11(3)14(5)12(4)10-13-9-7-2/h2,11-13H,6,8-10H2,1,3-5H3. The smallest absolute Gasteiger partial charge is 0.0574 e. The Morgan fingerprint density at radius 1 is 1.36 bits per heavy atom. The predicted molar refractivity (Wildman–Crippen MR) is 63.3 cm³/mol. The van der Waals surface area contributed by atoms with E-state index in [4.69, 9.17) is 6.42 Å². The third-order valence-electron chi connectivity index (χ3n) is 2.76. The molecular formula is C12H24N2. The molecule has 0 bridgehead atoms. The summed E-state index contributed by atoms with van der Waals surface area (Å²) < 4.78 is 0. The van der Waals surface area contributed by atoms with Crippen molar-refractivity contribution in [1.29, 1.82) is 0 Å². The van der Waals surface area contributed by atoms with Gasteiger partial charge in [-0.15, -0.1) is 6.42 Å². The lowest BCUT2D eigenvalue weighted by molar-refractivity contribution is 0.184. The van der Waals surface area contributed by atoms with E-state index in [2.05, 4.69) is 44.0 Å². The molecule has 0 rings (SSSR count). The molecule has 0 radical (unpaired) electrons. The van der Waals surface area contributed by atoms with Gasteiger partial charge in [-0.2, -0.15) is 0 Å². The maximum absolute atomic E-state index is 5.17. The molecule has 0 saturated heterocycles. The summed E-state index contributed by atoms with van der Waals surface area (Å²) in [6, 6.07) is 1.20. The molecular weight excluding hydrogens is 172 g/mol. The first kappa shape index (κ1) is 13.5. The van der Waals surface area contributed by atoms with E-state index in [1.807, 2.05) is 0 Å². The van der Waals surface area contributed by atoms with Crippen LogP contribution in [0.3, 0.4) is 0 Å². The van der Waals surface area contributed by atoms with Crippen LogP contribution in [0.2, 0.25) is 0 Å². The molecule has 82 valence electrons. The quantitative estimate of drug-likeness (QED) is 0.493. The molecule has 2 heteroatoms. The summed E-state index contributed by atoms with van der Waals surface area (Å²) in [7, 11) is 2.18. The Morgan fingerprint density at radius 3 is 2.50 bits per heavy atom. The molecule has 0 amide bonds. The Labute approximate surface area is 89.1 Å². The molecule has 0 aromatic heterocycles. The van der Waals surface area contributed by atoms with Crippen molar-refractivity contribution in [2.24, 2.45) is 0 Å². The fraction of sp³-hybridized carbons (Fsp3) is 0.833. The zero-order valence-electron chi connectivity index (χ0n) is 10.0. The fourth-order valence-corrected chi connectivity index (χ4v) is 1.55. The molecule has 0 spiro atoms. The summed E-state index contributed by atoms with van der Waals surface area (Å²) in [6.45, 7) is 8.37. The van der Waals surface area contributed by atoms with E-state index in [-0.39, 0.29) is 0 Å². The van der Waals surface area contributed by atoms with Crippen molar-refractivity contribution < 1.29 is 0 Å². The minimum Gasteiger partial charge on any atom is -0.305 e. The van der Waals surface area contributed by atoms with Gasteiger partial charge in [0, 0.05) is 18.6 Å². The predicted octanol–water partition coefficient (Wildman–Crippen LogP) is 1.72. The number of nitrogens with zero attached hydrogens (tertiary/aromatic N) is 1. The second-order valence-electron chi connectivity index (χ2n) is 3.99. The van der Waals surface area contributed by atoms with Crippen molar-refractivity contribution in [3.8, 4) is 12.3 Å². The van der Waals surface area contributed by atoms with Gasteiger partial charge in [-0.1, -0.05) is 19.3 Å². The molecule has 0 saturated carbocycles. The van der Waals surface area contributed by atoms with Gasteiger partial charge < -0.3 is 5.32 Å². The van der Waals surface area contributed by atoms with Gasteiger partial charge in [-0.3, -0.25) is 4.90 Å². The van der Waals surface area contributed by atoms with E-state index in [1.165, 1.54) is 12.8 Å². The second-order valence-corrected chi connectivity index (χ2v) is 3.99. The van der Waals surface area contributed by atoms with E-state index >= 15 is 0 Å². The normalized spacial score (nSPS) is 15.1. The fourth-order valence-electron chi connectivity index (χ4n) is 1.55. The summed E-state index contributed by atoms with van der Waals surface area (Å²) >= 11 is 0. The lowest BCUT2D eigenvalue weighted by Crippen LogP contribution is -2.42. The Kier molecular flexibility index (Phi) is 7.55. The van der Waals surface area contributed by atoms with E-state index in [0.717, 1.165) is 6.54 Å². The van der Waals surface area contributed by atoms with E-state index in [9.17, 15) is 0 Å². The summed E-state index contributed by atoms with van der Waals surface area (Å²) in [5, 5.41) is 3.23. The van der Waals surface area contributed by atoms with Crippen molar-refractivity contribution in [2.75, 3.05) is 20.1 Å². The molecule has 14 heavy (non-hydrogen) atoms. The van der Waals surface area contributed by atoms with Gasteiger partial charge in [0.1, 0.15) is 0 Å². The van der Waals surface area contributed by atoms with E-state index in [1.54, 1.807) is 0 Å². The minimum absolute atomic E-state index is 0.546. The summed E-state index contributed by atoms with van der Waals surface area (Å²) in [5.74, 6) is 2.59. The van der Waals surface area contributed by atoms with Crippen molar-refractivity contribution in [2.45, 2.75) is 45.7 Å². The highest BCUT2D eigenvalue weighted by Crippen LogP contribution is 2.07. The van der Waals surface area contributed by atoms with Crippen LogP contribution in [0.5, 0.6) is 0 Å². The lowest BCUT2D eigenvalue weighted by atomic mass is 10.1. The number of terminal acetylenes is 1. The van der Waals surface area contributed by atoms with E-state index in [0.29, 0.717) is 18.6 Å². The van der Waals surface area contributed by atoms with Crippen LogP contribution in [-0.2, 0) is 0 Å². The topological polar surface area (TPSA) is 15.3 Å². The first-order chi connectivity index (χ1) is 6.63. The summed E-state index contributed by atoms with van der Waals surface area (Å²) in [6.07, 6.45) is 7.68. The third kappa shape index (κ3) is 5.26. The Bertz CT molecular complexity index is 172. The lowest BCUT2D eigenvalue weighted by Gasteiger charge is -2.30. The van der Waals surface area contributed by atoms with Gasteiger partial charge in [0.2, 0.25) is 0 Å². The van der Waals surface area contributed by atoms with Crippen molar-refractivity contribution >= 4 is 0 Å². The minimum atomic E-state index is 0.546. The Balaban J connectivity index is 3.74. The summed E-state index contributed by atoms with van der Waals surface area (Å²) in [4.78, 5) is 2.41. The van der Waals surface area contributed by atoms with Crippen LogP contribution >= 0.6 is 0 Å². The van der Waals surface area contributed by atoms with Crippen molar-refractivity contribution in [1.82, 2.24) is 10.2 Å². The van der Waals surface area contributed by atoms with Gasteiger partial charge in [0.25, 0.3) is 0 Å². The second kappa shape index (κ2) is 7.84. The van der Waals surface area contributed by atoms with Gasteiger partial charge >= 0.3 is 0 Å². The average Bonchev–Trinajstić information content (AvgIpc) is 2.17. The van der Waals surface area contributed by atoms with Gasteiger partial charge in [0.05, 0.1) is 6.54 Å². The zero-order chi connectivity index (χ0) is 11.0. The number of nitrogens with one attached hydrogen (secondary N) is 1. The van der Waals surface area contributed by atoms with Crippen LogP contribution in [0.15, 0.2) is 0 Å². The SMILES string of the molecule is C#CCNCC(C)N(C)C(C)CCC. The molecule has 1 N–H and O–H groups in total. The monoisotopic (exact) mass is 196 g/mol. The van der Waals surface area contributed by atoms with E-state index < -0.39 is 0 Å². The maximum Gasteiger partial charge on any atom is 0.0574 e. The highest BCUT2D eigenvalue weighted by atomic mass is 15.2. The number of rotatable bonds is 7. The average molecular weight is 196 g/mol. The maximum atomic E-state index is 5.17. The Morgan fingerprint density at radius 2 is 2.00 bits per heavy atom. The van der Waals surface area contributed by atoms with Crippen LogP contribution in [0.25, 0.3) is 0 Å². The van der Waals surface area contributed by atoms with Crippen LogP contribution in [0.1, 0.15) is 33.6 Å². The van der Waals surface area contributed by atoms with Gasteiger partial charge in [0.15, 0.2) is 0 Å². The van der Waals surface area contributed by atoms with Gasteiger partial charge in [-0.25, -0.2) is 0 Å². The zero-order valence-corrected chi connectivity index (χ0v) is 10.0. The molecule has 0 aliphatic carbocycles. The largest absolute Gasteiger partial charge is 0.305 e. The number of hydrogen-bond donors (Lipinski definition) is 1. The first-order valence-corrected chi connectivity index (χ1v) is 5.49. The molecule has 2 atom stereocenters. The van der Waals surface area contributed by atoms with Crippen LogP contribution in [0.4, 0.5) is 0 Å². The first-order valence-electron chi connectivity index (χ1n) is 5.49. The third-order valence-corrected chi connectivity index (χ3v) is 2.76. The highest BCUT2D eigenvalue weighted by Gasteiger charge is 2.13. The van der Waals surface area contributed by atoms with Crippen LogP contribution in [-0.4, -0.2) is 37.1 Å². The summed E-state index contributed by atoms with van der Waals surface area (Å²) in [5.41, 5.74) is 0. The molecule has 0 aromatic carbocycles. The molecule has 2 nitrogen and oxygen atoms in total. The van der Waals surface area contributed by atoms with Crippen molar-refractivity contribution in [3.05, 3.63) is 0 Å². The van der Waals surface area contributed by atoms with Crippen LogP contribution < -0.4 is 5.32 Å².